The highest BCUT2D eigenvalue weighted by atomic mass is 16.4. The molecule has 0 bridgehead atoms. The van der Waals surface area contributed by atoms with Gasteiger partial charge in [0.25, 0.3) is 0 Å². The number of likely N-dealkylation sites (tertiary alicyclic amines) is 1. The number of amides is 3. The molecule has 1 aliphatic heterocycles. The molecule has 3 amide bonds. The fraction of sp³-hybridized carbons (Fsp3) is 0.727. The Hall–Kier alpha value is -1.83. The predicted molar refractivity (Wildman–Crippen MR) is 65.1 cm³/mol. The van der Waals surface area contributed by atoms with Crippen LogP contribution >= 0.6 is 0 Å². The third-order valence-corrected chi connectivity index (χ3v) is 3.38. The zero-order valence-electron chi connectivity index (χ0n) is 10.9. The van der Waals surface area contributed by atoms with Gasteiger partial charge in [-0.25, -0.2) is 9.59 Å². The quantitative estimate of drug-likeness (QED) is 0.506. The topological polar surface area (TPSA) is 133 Å². The highest BCUT2D eigenvalue weighted by Gasteiger charge is 2.41. The molecular formula is C11H19N3O5. The second kappa shape index (κ2) is 5.43. The number of aliphatic hydroxyl groups is 1. The molecule has 3 unspecified atom stereocenters. The van der Waals surface area contributed by atoms with E-state index in [1.807, 2.05) is 0 Å². The Morgan fingerprint density at radius 1 is 1.42 bits per heavy atom. The number of carboxylic acid groups (broad SMARTS) is 1. The molecule has 0 aromatic carbocycles. The van der Waals surface area contributed by atoms with Gasteiger partial charge in [-0.3, -0.25) is 4.79 Å². The number of carbonyl (C=O) groups excluding carboxylic acids is 2. The van der Waals surface area contributed by atoms with E-state index in [-0.39, 0.29) is 6.54 Å². The third kappa shape index (κ3) is 3.34. The molecule has 1 rings (SSSR count). The number of carbonyl (C=O) groups is 3. The molecule has 0 aromatic rings. The van der Waals surface area contributed by atoms with Crippen molar-refractivity contribution < 1.29 is 24.6 Å². The summed E-state index contributed by atoms with van der Waals surface area (Å²) in [7, 11) is 0. The monoisotopic (exact) mass is 273 g/mol. The van der Waals surface area contributed by atoms with Gasteiger partial charge in [-0.15, -0.1) is 0 Å². The summed E-state index contributed by atoms with van der Waals surface area (Å²) >= 11 is 0. The first-order valence-corrected chi connectivity index (χ1v) is 5.93. The fourth-order valence-corrected chi connectivity index (χ4v) is 1.95. The van der Waals surface area contributed by atoms with Crippen molar-refractivity contribution in [1.82, 2.24) is 10.2 Å². The van der Waals surface area contributed by atoms with Crippen molar-refractivity contribution in [3.8, 4) is 0 Å². The molecule has 1 aliphatic rings. The van der Waals surface area contributed by atoms with Gasteiger partial charge in [-0.05, 0) is 20.3 Å². The minimum absolute atomic E-state index is 0.139. The lowest BCUT2D eigenvalue weighted by Gasteiger charge is -2.24. The van der Waals surface area contributed by atoms with Crippen molar-refractivity contribution in [2.45, 2.75) is 32.4 Å². The number of nitrogens with zero attached hydrogens (tertiary/aromatic N) is 1. The van der Waals surface area contributed by atoms with E-state index in [0.29, 0.717) is 13.0 Å². The molecule has 0 saturated carbocycles. The second-order valence-electron chi connectivity index (χ2n) is 5.10. The largest absolute Gasteiger partial charge is 0.480 e. The van der Waals surface area contributed by atoms with Crippen molar-refractivity contribution in [3.63, 3.8) is 0 Å². The van der Waals surface area contributed by atoms with Gasteiger partial charge in [0.15, 0.2) is 6.04 Å². The van der Waals surface area contributed by atoms with Crippen LogP contribution in [0.2, 0.25) is 0 Å². The number of hydrogen-bond donors (Lipinski definition) is 4. The molecule has 5 N–H and O–H groups in total. The van der Waals surface area contributed by atoms with Crippen molar-refractivity contribution >= 4 is 17.9 Å². The van der Waals surface area contributed by atoms with Gasteiger partial charge in [-0.1, -0.05) is 0 Å². The summed E-state index contributed by atoms with van der Waals surface area (Å²) < 4.78 is 0. The van der Waals surface area contributed by atoms with E-state index in [4.69, 9.17) is 10.8 Å². The normalized spacial score (nSPS) is 25.7. The van der Waals surface area contributed by atoms with Crippen LogP contribution in [-0.2, 0) is 9.59 Å². The number of nitrogens with one attached hydrogen (secondary N) is 1. The number of hydrogen-bond acceptors (Lipinski definition) is 4. The SMILES string of the molecule is CC(O)C(NC(=O)N1CCC(C)(C(N)=O)C1)C(=O)O. The molecule has 108 valence electrons. The Kier molecular flexibility index (Phi) is 4.35. The molecule has 8 nitrogen and oxygen atoms in total. The molecule has 0 spiro atoms. The molecule has 19 heavy (non-hydrogen) atoms. The Morgan fingerprint density at radius 2 is 2.00 bits per heavy atom. The van der Waals surface area contributed by atoms with E-state index in [1.165, 1.54) is 11.8 Å². The van der Waals surface area contributed by atoms with Crippen LogP contribution in [0, 0.1) is 5.41 Å². The highest BCUT2D eigenvalue weighted by Crippen LogP contribution is 2.29. The van der Waals surface area contributed by atoms with Crippen LogP contribution in [0.25, 0.3) is 0 Å². The number of aliphatic carboxylic acids is 1. The number of carboxylic acids is 1. The van der Waals surface area contributed by atoms with Gasteiger partial charge < -0.3 is 26.2 Å². The standard InChI is InChI=1S/C11H19N3O5/c1-6(15)7(8(16)17)13-10(19)14-4-3-11(2,5-14)9(12)18/h6-7,15H,3-5H2,1-2H3,(H2,12,18)(H,13,19)(H,16,17). The molecular weight excluding hydrogens is 254 g/mol. The molecule has 0 aliphatic carbocycles. The Morgan fingerprint density at radius 3 is 2.37 bits per heavy atom. The molecule has 3 atom stereocenters. The van der Waals surface area contributed by atoms with Crippen LogP contribution in [0.15, 0.2) is 0 Å². The Balaban J connectivity index is 2.66. The van der Waals surface area contributed by atoms with Crippen LogP contribution < -0.4 is 11.1 Å². The fourth-order valence-electron chi connectivity index (χ4n) is 1.95. The summed E-state index contributed by atoms with van der Waals surface area (Å²) in [6, 6.07) is -2.01. The molecule has 0 radical (unpaired) electrons. The lowest BCUT2D eigenvalue weighted by atomic mass is 9.89. The number of primary amides is 1. The average molecular weight is 273 g/mol. The summed E-state index contributed by atoms with van der Waals surface area (Å²) in [5.41, 5.74) is 4.47. The third-order valence-electron chi connectivity index (χ3n) is 3.38. The first-order chi connectivity index (χ1) is 8.67. The van der Waals surface area contributed by atoms with Crippen molar-refractivity contribution in [1.29, 1.82) is 0 Å². The highest BCUT2D eigenvalue weighted by molar-refractivity contribution is 5.85. The van der Waals surface area contributed by atoms with E-state index >= 15 is 0 Å². The van der Waals surface area contributed by atoms with Gasteiger partial charge in [0, 0.05) is 13.1 Å². The van der Waals surface area contributed by atoms with E-state index < -0.39 is 35.5 Å². The Bertz CT molecular complexity index is 398. The number of nitrogens with two attached hydrogens (primary N) is 1. The molecule has 1 heterocycles. The smallest absolute Gasteiger partial charge is 0.328 e. The van der Waals surface area contributed by atoms with Crippen LogP contribution in [0.1, 0.15) is 20.3 Å². The number of urea groups is 1. The number of rotatable bonds is 4. The van der Waals surface area contributed by atoms with Crippen molar-refractivity contribution in [2.24, 2.45) is 11.1 Å². The molecule has 8 heteroatoms. The van der Waals surface area contributed by atoms with Crippen molar-refractivity contribution in [2.75, 3.05) is 13.1 Å². The van der Waals surface area contributed by atoms with Crippen molar-refractivity contribution in [3.05, 3.63) is 0 Å². The zero-order chi connectivity index (χ0) is 14.8. The Labute approximate surface area is 110 Å². The molecule has 1 saturated heterocycles. The minimum Gasteiger partial charge on any atom is -0.480 e. The first kappa shape index (κ1) is 15.2. The van der Waals surface area contributed by atoms with Gasteiger partial charge in [0.1, 0.15) is 0 Å². The van der Waals surface area contributed by atoms with E-state index in [2.05, 4.69) is 5.32 Å². The van der Waals surface area contributed by atoms with E-state index in [9.17, 15) is 19.5 Å². The molecule has 1 fully saturated rings. The lowest BCUT2D eigenvalue weighted by molar-refractivity contribution is -0.141. The summed E-state index contributed by atoms with van der Waals surface area (Å²) in [6.45, 7) is 3.39. The summed E-state index contributed by atoms with van der Waals surface area (Å²) in [5, 5.41) is 20.4. The summed E-state index contributed by atoms with van der Waals surface area (Å²) in [6.07, 6.45) is -0.783. The molecule has 0 aromatic heterocycles. The van der Waals surface area contributed by atoms with E-state index in [0.717, 1.165) is 0 Å². The number of aliphatic hydroxyl groups excluding tert-OH is 1. The van der Waals surface area contributed by atoms with E-state index in [1.54, 1.807) is 6.92 Å². The maximum absolute atomic E-state index is 11.9. The first-order valence-electron chi connectivity index (χ1n) is 5.93. The van der Waals surface area contributed by atoms with Gasteiger partial charge in [0.05, 0.1) is 11.5 Å². The second-order valence-corrected chi connectivity index (χ2v) is 5.10. The average Bonchev–Trinajstić information content (AvgIpc) is 2.69. The minimum atomic E-state index is -1.38. The van der Waals surface area contributed by atoms with Gasteiger partial charge >= 0.3 is 12.0 Å². The summed E-state index contributed by atoms with van der Waals surface area (Å²) in [5.74, 6) is -1.81. The van der Waals surface area contributed by atoms with Gasteiger partial charge in [0.2, 0.25) is 5.91 Å². The predicted octanol–water partition coefficient (Wildman–Crippen LogP) is -1.27. The summed E-state index contributed by atoms with van der Waals surface area (Å²) in [4.78, 5) is 35.3. The van der Waals surface area contributed by atoms with Gasteiger partial charge in [-0.2, -0.15) is 0 Å². The van der Waals surface area contributed by atoms with Crippen LogP contribution in [0.5, 0.6) is 0 Å². The maximum Gasteiger partial charge on any atom is 0.328 e. The maximum atomic E-state index is 11.9. The lowest BCUT2D eigenvalue weighted by Crippen LogP contribution is -2.52. The van der Waals surface area contributed by atoms with Crippen LogP contribution in [0.3, 0.4) is 0 Å². The van der Waals surface area contributed by atoms with Crippen LogP contribution in [-0.4, -0.2) is 58.3 Å². The zero-order valence-corrected chi connectivity index (χ0v) is 10.9. The van der Waals surface area contributed by atoms with Crippen LogP contribution in [0.4, 0.5) is 4.79 Å².